The molecule has 1 aromatic heterocycles. The van der Waals surface area contributed by atoms with E-state index in [1.54, 1.807) is 0 Å². The third-order valence-corrected chi connectivity index (χ3v) is 4.61. The first-order valence-corrected chi connectivity index (χ1v) is 7.39. The van der Waals surface area contributed by atoms with Crippen molar-refractivity contribution in [2.24, 2.45) is 11.8 Å². The minimum atomic E-state index is 0.244. The molecule has 1 atom stereocenters. The van der Waals surface area contributed by atoms with Crippen molar-refractivity contribution >= 4 is 11.5 Å². The highest BCUT2D eigenvalue weighted by Crippen LogP contribution is 2.33. The predicted octanol–water partition coefficient (Wildman–Crippen LogP) is 2.58. The largest absolute Gasteiger partial charge is 0.271 e. The molecule has 1 saturated carbocycles. The van der Waals surface area contributed by atoms with E-state index in [2.05, 4.69) is 21.9 Å². The van der Waals surface area contributed by atoms with Gasteiger partial charge < -0.3 is 0 Å². The zero-order chi connectivity index (χ0) is 12.1. The predicted molar refractivity (Wildman–Crippen MR) is 70.5 cm³/mol. The third kappa shape index (κ3) is 3.24. The smallest absolute Gasteiger partial charge is 0.0801 e. The van der Waals surface area contributed by atoms with E-state index in [1.807, 2.05) is 0 Å². The summed E-state index contributed by atoms with van der Waals surface area (Å²) in [5.74, 6) is 6.52. The van der Waals surface area contributed by atoms with Crippen LogP contribution in [0.4, 0.5) is 0 Å². The van der Waals surface area contributed by atoms with Crippen LogP contribution in [0.5, 0.6) is 0 Å². The molecular weight excluding hydrogens is 232 g/mol. The van der Waals surface area contributed by atoms with E-state index in [0.29, 0.717) is 0 Å². The summed E-state index contributed by atoms with van der Waals surface area (Å²) in [4.78, 5) is 1.24. The Labute approximate surface area is 107 Å². The Hall–Kier alpha value is -0.520. The Morgan fingerprint density at radius 2 is 2.18 bits per heavy atom. The first kappa shape index (κ1) is 12.9. The Morgan fingerprint density at radius 3 is 2.82 bits per heavy atom. The Balaban J connectivity index is 2.00. The van der Waals surface area contributed by atoms with Gasteiger partial charge in [0, 0.05) is 0 Å². The zero-order valence-corrected chi connectivity index (χ0v) is 11.3. The molecule has 1 aliphatic carbocycles. The van der Waals surface area contributed by atoms with Gasteiger partial charge in [-0.2, -0.15) is 0 Å². The number of aromatic nitrogens is 2. The molecular formula is C12H22N4S. The lowest BCUT2D eigenvalue weighted by Crippen LogP contribution is -2.30. The summed E-state index contributed by atoms with van der Waals surface area (Å²) < 4.78 is 4.05. The van der Waals surface area contributed by atoms with Gasteiger partial charge in [-0.15, -0.1) is 5.10 Å². The number of hydrogen-bond donors (Lipinski definition) is 2. The summed E-state index contributed by atoms with van der Waals surface area (Å²) in [7, 11) is 0. The van der Waals surface area contributed by atoms with Crippen molar-refractivity contribution in [2.45, 2.75) is 57.9 Å². The van der Waals surface area contributed by atoms with E-state index in [0.717, 1.165) is 24.5 Å². The highest BCUT2D eigenvalue weighted by atomic mass is 32.1. The first-order valence-electron chi connectivity index (χ1n) is 6.62. The van der Waals surface area contributed by atoms with Crippen LogP contribution in [-0.4, -0.2) is 9.59 Å². The molecule has 0 saturated heterocycles. The van der Waals surface area contributed by atoms with Gasteiger partial charge in [0.15, 0.2) is 0 Å². The lowest BCUT2D eigenvalue weighted by atomic mass is 9.84. The minimum Gasteiger partial charge on any atom is -0.271 e. The Morgan fingerprint density at radius 1 is 1.41 bits per heavy atom. The van der Waals surface area contributed by atoms with Gasteiger partial charge in [0.1, 0.15) is 0 Å². The zero-order valence-electron chi connectivity index (χ0n) is 10.5. The second kappa shape index (κ2) is 6.42. The molecule has 0 bridgehead atoms. The fraction of sp³-hybridized carbons (Fsp3) is 0.833. The normalized spacial score (nSPS) is 19.4. The average molecular weight is 254 g/mol. The van der Waals surface area contributed by atoms with Crippen LogP contribution in [0.25, 0.3) is 0 Å². The summed E-state index contributed by atoms with van der Waals surface area (Å²) in [6.07, 6.45) is 8.94. The number of rotatable bonds is 5. The second-order valence-corrected chi connectivity index (χ2v) is 5.68. The van der Waals surface area contributed by atoms with Crippen molar-refractivity contribution in [3.8, 4) is 0 Å². The maximum absolute atomic E-state index is 5.71. The number of aryl methyl sites for hydroxylation is 1. The number of nitrogens with zero attached hydrogens (tertiary/aromatic N) is 2. The molecule has 96 valence electrons. The van der Waals surface area contributed by atoms with E-state index in [9.17, 15) is 0 Å². The molecule has 0 aliphatic heterocycles. The molecule has 1 heterocycles. The number of nitrogens with two attached hydrogens (primary N) is 1. The van der Waals surface area contributed by atoms with E-state index in [4.69, 9.17) is 5.84 Å². The Kier molecular flexibility index (Phi) is 4.88. The van der Waals surface area contributed by atoms with Gasteiger partial charge in [-0.1, -0.05) is 43.5 Å². The van der Waals surface area contributed by atoms with Crippen molar-refractivity contribution in [3.63, 3.8) is 0 Å². The van der Waals surface area contributed by atoms with Crippen LogP contribution in [0.2, 0.25) is 0 Å². The van der Waals surface area contributed by atoms with Crippen molar-refractivity contribution in [1.82, 2.24) is 15.0 Å². The molecule has 5 heteroatoms. The fourth-order valence-electron chi connectivity index (χ4n) is 2.73. The summed E-state index contributed by atoms with van der Waals surface area (Å²) >= 11 is 1.49. The highest BCUT2D eigenvalue weighted by Gasteiger charge is 2.22. The van der Waals surface area contributed by atoms with Crippen molar-refractivity contribution in [3.05, 3.63) is 10.6 Å². The third-order valence-electron chi connectivity index (χ3n) is 3.73. The molecule has 1 aromatic rings. The summed E-state index contributed by atoms with van der Waals surface area (Å²) in [5.41, 5.74) is 4.06. The summed E-state index contributed by atoms with van der Waals surface area (Å²) in [6, 6.07) is 0.244. The lowest BCUT2D eigenvalue weighted by molar-refractivity contribution is 0.302. The number of nitrogens with one attached hydrogen (secondary N) is 1. The van der Waals surface area contributed by atoms with Gasteiger partial charge >= 0.3 is 0 Å². The van der Waals surface area contributed by atoms with Crippen LogP contribution in [0.1, 0.15) is 62.1 Å². The molecule has 0 radical (unpaired) electrons. The maximum Gasteiger partial charge on any atom is 0.0801 e. The molecule has 17 heavy (non-hydrogen) atoms. The fourth-order valence-corrected chi connectivity index (χ4v) is 3.54. The van der Waals surface area contributed by atoms with Gasteiger partial charge in [-0.3, -0.25) is 11.3 Å². The molecule has 0 amide bonds. The lowest BCUT2D eigenvalue weighted by Gasteiger charge is -2.25. The highest BCUT2D eigenvalue weighted by molar-refractivity contribution is 7.05. The van der Waals surface area contributed by atoms with Gasteiger partial charge in [-0.05, 0) is 30.3 Å². The molecule has 2 rings (SSSR count). The summed E-state index contributed by atoms with van der Waals surface area (Å²) in [6.45, 7) is 2.12. The molecule has 3 N–H and O–H groups in total. The molecule has 1 unspecified atom stereocenters. The average Bonchev–Trinajstić information content (AvgIpc) is 2.85. The van der Waals surface area contributed by atoms with Crippen LogP contribution in [-0.2, 0) is 6.42 Å². The van der Waals surface area contributed by atoms with Gasteiger partial charge in [0.2, 0.25) is 0 Å². The topological polar surface area (TPSA) is 63.8 Å². The van der Waals surface area contributed by atoms with Crippen molar-refractivity contribution in [1.29, 1.82) is 0 Å². The second-order valence-electron chi connectivity index (χ2n) is 4.90. The maximum atomic E-state index is 5.71. The SMILES string of the molecule is CCc1nnsc1C(CC1CCCCC1)NN. The van der Waals surface area contributed by atoms with Gasteiger partial charge in [0.05, 0.1) is 16.6 Å². The van der Waals surface area contributed by atoms with Crippen LogP contribution >= 0.6 is 11.5 Å². The molecule has 0 spiro atoms. The standard InChI is InChI=1S/C12H22N4S/c1-2-10-12(17-16-15-10)11(14-13)8-9-6-4-3-5-7-9/h9,11,14H,2-8,13H2,1H3. The van der Waals surface area contributed by atoms with E-state index >= 15 is 0 Å². The van der Waals surface area contributed by atoms with Gasteiger partial charge in [-0.25, -0.2) is 0 Å². The Bertz CT molecular complexity index is 333. The first-order chi connectivity index (χ1) is 8.35. The summed E-state index contributed by atoms with van der Waals surface area (Å²) in [5, 5.41) is 4.17. The molecule has 1 aliphatic rings. The van der Waals surface area contributed by atoms with Crippen LogP contribution < -0.4 is 11.3 Å². The molecule has 1 fully saturated rings. The molecule has 4 nitrogen and oxygen atoms in total. The van der Waals surface area contributed by atoms with Crippen molar-refractivity contribution < 1.29 is 0 Å². The minimum absolute atomic E-state index is 0.244. The van der Waals surface area contributed by atoms with E-state index < -0.39 is 0 Å². The van der Waals surface area contributed by atoms with Crippen LogP contribution in [0.15, 0.2) is 0 Å². The van der Waals surface area contributed by atoms with Gasteiger partial charge in [0.25, 0.3) is 0 Å². The quantitative estimate of drug-likeness (QED) is 0.626. The van der Waals surface area contributed by atoms with E-state index in [-0.39, 0.29) is 6.04 Å². The monoisotopic (exact) mass is 254 g/mol. The number of hydrazine groups is 1. The number of hydrogen-bond acceptors (Lipinski definition) is 5. The molecule has 0 aromatic carbocycles. The van der Waals surface area contributed by atoms with Crippen molar-refractivity contribution in [2.75, 3.05) is 0 Å². The van der Waals surface area contributed by atoms with Crippen LogP contribution in [0.3, 0.4) is 0 Å². The van der Waals surface area contributed by atoms with E-state index in [1.165, 1.54) is 48.5 Å². The van der Waals surface area contributed by atoms with Crippen LogP contribution in [0, 0.1) is 5.92 Å².